The minimum absolute atomic E-state index is 0. The molecule has 1 saturated carbocycles. The summed E-state index contributed by atoms with van der Waals surface area (Å²) in [5, 5.41) is 8.62. The molecule has 1 nitrogen and oxygen atoms in total. The van der Waals surface area contributed by atoms with Crippen LogP contribution in [0.4, 0.5) is 13.2 Å². The van der Waals surface area contributed by atoms with E-state index in [1.54, 1.807) is 0 Å². The summed E-state index contributed by atoms with van der Waals surface area (Å²) in [5.74, 6) is 0. The smallest absolute Gasteiger partial charge is 0.380 e. The molecule has 0 aromatic heterocycles. The van der Waals surface area contributed by atoms with Gasteiger partial charge in [0.05, 0.1) is 0 Å². The maximum Gasteiger partial charge on any atom is 0.417 e. The van der Waals surface area contributed by atoms with E-state index in [4.69, 9.17) is 5.11 Å². The van der Waals surface area contributed by atoms with Gasteiger partial charge in [-0.1, -0.05) is 0 Å². The molecule has 1 rings (SSSR count). The number of aliphatic hydroxyl groups is 1. The Labute approximate surface area is 62.6 Å². The molecular weight excluding hydrogens is 169 g/mol. The van der Waals surface area contributed by atoms with Crippen LogP contribution in [0.5, 0.6) is 0 Å². The molecule has 10 heavy (non-hydrogen) atoms. The van der Waals surface area contributed by atoms with E-state index < -0.39 is 11.8 Å². The van der Waals surface area contributed by atoms with Crippen molar-refractivity contribution in [2.24, 2.45) is 0 Å². The highest BCUT2D eigenvalue weighted by Crippen LogP contribution is 2.44. The first kappa shape index (κ1) is 10.0. The number of alkyl halides is 3. The van der Waals surface area contributed by atoms with Crippen LogP contribution in [0.2, 0.25) is 0 Å². The Hall–Kier alpha value is 0.0400. The van der Waals surface area contributed by atoms with Crippen molar-refractivity contribution in [2.75, 3.05) is 0 Å². The Balaban J connectivity index is 0.000000810. The number of halogens is 4. The van der Waals surface area contributed by atoms with Crippen LogP contribution in [0, 0.1) is 0 Å². The summed E-state index contributed by atoms with van der Waals surface area (Å²) in [6.07, 6.45) is -4.19. The zero-order valence-electron chi connectivity index (χ0n) is 5.11. The third kappa shape index (κ3) is 1.37. The zero-order chi connectivity index (χ0) is 7.12. The molecule has 0 atom stereocenters. The van der Waals surface area contributed by atoms with Gasteiger partial charge in [0.25, 0.3) is 0 Å². The lowest BCUT2D eigenvalue weighted by atomic mass is 9.80. The Morgan fingerprint density at radius 3 is 1.60 bits per heavy atom. The van der Waals surface area contributed by atoms with Crippen LogP contribution in [0.3, 0.4) is 0 Å². The molecule has 1 fully saturated rings. The van der Waals surface area contributed by atoms with Gasteiger partial charge in [-0.2, -0.15) is 13.2 Å². The molecule has 5 heteroatoms. The first-order valence-corrected chi connectivity index (χ1v) is 2.75. The molecule has 1 aliphatic rings. The highest BCUT2D eigenvalue weighted by atomic mass is 35.5. The van der Waals surface area contributed by atoms with Gasteiger partial charge in [-0.25, -0.2) is 0 Å². The maximum absolute atomic E-state index is 11.6. The monoisotopic (exact) mass is 176 g/mol. The second-order valence-electron chi connectivity index (χ2n) is 2.38. The topological polar surface area (TPSA) is 20.2 Å². The van der Waals surface area contributed by atoms with Crippen molar-refractivity contribution >= 4 is 12.4 Å². The van der Waals surface area contributed by atoms with E-state index >= 15 is 0 Å². The van der Waals surface area contributed by atoms with E-state index in [1.165, 1.54) is 0 Å². The predicted octanol–water partition coefficient (Wildman–Crippen LogP) is 1.89. The average molecular weight is 177 g/mol. The minimum Gasteiger partial charge on any atom is -0.380 e. The fraction of sp³-hybridized carbons (Fsp3) is 1.00. The largest absolute Gasteiger partial charge is 0.417 e. The number of hydrogen-bond acceptors (Lipinski definition) is 1. The minimum atomic E-state index is -4.41. The van der Waals surface area contributed by atoms with Crippen molar-refractivity contribution in [3.63, 3.8) is 0 Å². The summed E-state index contributed by atoms with van der Waals surface area (Å²) in [6.45, 7) is 0. The molecule has 0 bridgehead atoms. The van der Waals surface area contributed by atoms with Gasteiger partial charge >= 0.3 is 6.18 Å². The van der Waals surface area contributed by atoms with Gasteiger partial charge in [0.1, 0.15) is 0 Å². The van der Waals surface area contributed by atoms with E-state index in [2.05, 4.69) is 0 Å². The molecule has 62 valence electrons. The molecule has 0 aromatic carbocycles. The van der Waals surface area contributed by atoms with Gasteiger partial charge in [-0.05, 0) is 19.3 Å². The maximum atomic E-state index is 11.6. The summed E-state index contributed by atoms with van der Waals surface area (Å²) in [4.78, 5) is 0. The second kappa shape index (κ2) is 2.58. The third-order valence-corrected chi connectivity index (χ3v) is 1.71. The molecule has 0 heterocycles. The van der Waals surface area contributed by atoms with E-state index in [9.17, 15) is 13.2 Å². The van der Waals surface area contributed by atoms with Gasteiger partial charge in [-0.15, -0.1) is 12.4 Å². The lowest BCUT2D eigenvalue weighted by Crippen LogP contribution is -2.50. The Bertz CT molecular complexity index is 119. The van der Waals surface area contributed by atoms with Crippen molar-refractivity contribution in [3.05, 3.63) is 0 Å². The van der Waals surface area contributed by atoms with Crippen LogP contribution in [-0.4, -0.2) is 16.9 Å². The van der Waals surface area contributed by atoms with Crippen molar-refractivity contribution < 1.29 is 18.3 Å². The molecule has 0 aromatic rings. The molecular formula is C5H8ClF3O. The lowest BCUT2D eigenvalue weighted by molar-refractivity contribution is -0.286. The first-order valence-electron chi connectivity index (χ1n) is 2.75. The highest BCUT2D eigenvalue weighted by Gasteiger charge is 2.57. The van der Waals surface area contributed by atoms with Gasteiger partial charge in [0.15, 0.2) is 5.60 Å². The number of rotatable bonds is 0. The average Bonchev–Trinajstić information content (AvgIpc) is 1.57. The summed E-state index contributed by atoms with van der Waals surface area (Å²) in [5.41, 5.74) is -2.34. The van der Waals surface area contributed by atoms with E-state index in [0.29, 0.717) is 6.42 Å². The Kier molecular flexibility index (Phi) is 2.59. The van der Waals surface area contributed by atoms with Crippen molar-refractivity contribution in [1.82, 2.24) is 0 Å². The summed E-state index contributed by atoms with van der Waals surface area (Å²) >= 11 is 0. The summed E-state index contributed by atoms with van der Waals surface area (Å²) < 4.78 is 34.9. The fourth-order valence-electron chi connectivity index (χ4n) is 0.795. The van der Waals surface area contributed by atoms with Gasteiger partial charge in [-0.3, -0.25) is 0 Å². The normalized spacial score (nSPS) is 22.8. The van der Waals surface area contributed by atoms with Crippen LogP contribution < -0.4 is 0 Å². The first-order chi connectivity index (χ1) is 3.96. The van der Waals surface area contributed by atoms with Gasteiger partial charge in [0.2, 0.25) is 0 Å². The van der Waals surface area contributed by atoms with E-state index in [-0.39, 0.29) is 25.2 Å². The van der Waals surface area contributed by atoms with Crippen LogP contribution in [0.25, 0.3) is 0 Å². The Morgan fingerprint density at radius 2 is 1.60 bits per heavy atom. The molecule has 0 unspecified atom stereocenters. The van der Waals surface area contributed by atoms with Crippen LogP contribution in [0.1, 0.15) is 19.3 Å². The molecule has 0 saturated heterocycles. The number of hydrogen-bond donors (Lipinski definition) is 1. The highest BCUT2D eigenvalue weighted by molar-refractivity contribution is 5.85. The van der Waals surface area contributed by atoms with Crippen LogP contribution in [-0.2, 0) is 0 Å². The van der Waals surface area contributed by atoms with Gasteiger partial charge < -0.3 is 5.11 Å². The fourth-order valence-corrected chi connectivity index (χ4v) is 0.795. The van der Waals surface area contributed by atoms with Crippen molar-refractivity contribution in [1.29, 1.82) is 0 Å². The molecule has 0 radical (unpaired) electrons. The molecule has 1 aliphatic carbocycles. The lowest BCUT2D eigenvalue weighted by Gasteiger charge is -2.37. The van der Waals surface area contributed by atoms with Crippen molar-refractivity contribution in [3.8, 4) is 0 Å². The summed E-state index contributed by atoms with van der Waals surface area (Å²) in [6, 6.07) is 0. The quantitative estimate of drug-likeness (QED) is 0.598. The molecule has 0 spiro atoms. The zero-order valence-corrected chi connectivity index (χ0v) is 5.93. The van der Waals surface area contributed by atoms with E-state index in [1.807, 2.05) is 0 Å². The molecule has 1 N–H and O–H groups in total. The molecule has 0 aliphatic heterocycles. The van der Waals surface area contributed by atoms with Crippen LogP contribution in [0.15, 0.2) is 0 Å². The standard InChI is InChI=1S/C5H7F3O.ClH/c6-5(7,8)4(9)2-1-3-4;/h9H,1-3H2;1H. The van der Waals surface area contributed by atoms with E-state index in [0.717, 1.165) is 0 Å². The molecule has 0 amide bonds. The SMILES string of the molecule is Cl.OC1(C(F)(F)F)CCC1. The van der Waals surface area contributed by atoms with Crippen LogP contribution >= 0.6 is 12.4 Å². The summed E-state index contributed by atoms with van der Waals surface area (Å²) in [7, 11) is 0. The third-order valence-electron chi connectivity index (χ3n) is 1.71. The predicted molar refractivity (Wildman–Crippen MR) is 32.1 cm³/mol. The Morgan fingerprint density at radius 1 is 1.20 bits per heavy atom. The van der Waals surface area contributed by atoms with Gasteiger partial charge in [0, 0.05) is 0 Å². The van der Waals surface area contributed by atoms with Crippen molar-refractivity contribution in [2.45, 2.75) is 31.0 Å². The second-order valence-corrected chi connectivity index (χ2v) is 2.38.